The van der Waals surface area contributed by atoms with Gasteiger partial charge in [0.15, 0.2) is 5.82 Å². The number of rotatable bonds is 4. The van der Waals surface area contributed by atoms with Crippen LogP contribution < -0.4 is 5.32 Å². The zero-order valence-electron chi connectivity index (χ0n) is 10.3. The quantitative estimate of drug-likeness (QED) is 0.822. The van der Waals surface area contributed by atoms with Crippen molar-refractivity contribution in [3.8, 4) is 0 Å². The highest BCUT2D eigenvalue weighted by molar-refractivity contribution is 5.62. The van der Waals surface area contributed by atoms with Gasteiger partial charge in [-0.2, -0.15) is 0 Å². The van der Waals surface area contributed by atoms with Gasteiger partial charge in [0.25, 0.3) is 0 Å². The van der Waals surface area contributed by atoms with Crippen LogP contribution in [0.3, 0.4) is 0 Å². The lowest BCUT2D eigenvalue weighted by atomic mass is 10.1. The van der Waals surface area contributed by atoms with Crippen molar-refractivity contribution in [3.05, 3.63) is 18.2 Å². The van der Waals surface area contributed by atoms with E-state index < -0.39 is 0 Å². The van der Waals surface area contributed by atoms with E-state index in [-0.39, 0.29) is 12.6 Å². The molecule has 0 saturated carbocycles. The minimum absolute atomic E-state index is 0.0364. The molecule has 17 heavy (non-hydrogen) atoms. The zero-order chi connectivity index (χ0) is 12.4. The van der Waals surface area contributed by atoms with E-state index >= 15 is 0 Å². The SMILES string of the molecule is Cc1nnc2c(N[C@H](CO)C(C)C)nccn12. The second-order valence-electron chi connectivity index (χ2n) is 4.39. The van der Waals surface area contributed by atoms with Gasteiger partial charge in [-0.15, -0.1) is 10.2 Å². The molecule has 0 spiro atoms. The van der Waals surface area contributed by atoms with E-state index in [1.807, 2.05) is 31.4 Å². The first-order valence-electron chi connectivity index (χ1n) is 5.67. The van der Waals surface area contributed by atoms with Gasteiger partial charge >= 0.3 is 0 Å². The smallest absolute Gasteiger partial charge is 0.203 e. The first kappa shape index (κ1) is 11.8. The van der Waals surface area contributed by atoms with Crippen LogP contribution >= 0.6 is 0 Å². The molecule has 6 heteroatoms. The Morgan fingerprint density at radius 2 is 2.18 bits per heavy atom. The molecule has 0 aliphatic rings. The maximum absolute atomic E-state index is 9.30. The fraction of sp³-hybridized carbons (Fsp3) is 0.545. The molecule has 6 nitrogen and oxygen atoms in total. The molecular formula is C11H17N5O. The molecule has 0 unspecified atom stereocenters. The number of aryl methyl sites for hydroxylation is 1. The first-order chi connectivity index (χ1) is 8.13. The third kappa shape index (κ3) is 2.21. The fourth-order valence-electron chi connectivity index (χ4n) is 1.64. The van der Waals surface area contributed by atoms with Gasteiger partial charge in [-0.25, -0.2) is 4.98 Å². The second-order valence-corrected chi connectivity index (χ2v) is 4.39. The van der Waals surface area contributed by atoms with Gasteiger partial charge in [-0.3, -0.25) is 4.40 Å². The number of nitrogens with one attached hydrogen (secondary N) is 1. The van der Waals surface area contributed by atoms with Crippen molar-refractivity contribution in [2.75, 3.05) is 11.9 Å². The van der Waals surface area contributed by atoms with Crippen LogP contribution in [0.5, 0.6) is 0 Å². The van der Waals surface area contributed by atoms with E-state index in [1.165, 1.54) is 0 Å². The zero-order valence-corrected chi connectivity index (χ0v) is 10.3. The lowest BCUT2D eigenvalue weighted by molar-refractivity contribution is 0.249. The molecule has 2 N–H and O–H groups in total. The van der Waals surface area contributed by atoms with Crippen molar-refractivity contribution in [1.29, 1.82) is 0 Å². The van der Waals surface area contributed by atoms with Crippen molar-refractivity contribution < 1.29 is 5.11 Å². The molecule has 0 saturated heterocycles. The van der Waals surface area contributed by atoms with Gasteiger partial charge in [0.2, 0.25) is 5.65 Å². The second kappa shape index (κ2) is 4.67. The fourth-order valence-corrected chi connectivity index (χ4v) is 1.64. The summed E-state index contributed by atoms with van der Waals surface area (Å²) in [4.78, 5) is 4.24. The number of anilines is 1. The van der Waals surface area contributed by atoms with Crippen LogP contribution in [0.15, 0.2) is 12.4 Å². The summed E-state index contributed by atoms with van der Waals surface area (Å²) in [6.07, 6.45) is 3.51. The number of aromatic nitrogens is 4. The molecule has 0 radical (unpaired) electrons. The number of aliphatic hydroxyl groups is 1. The Morgan fingerprint density at radius 1 is 1.41 bits per heavy atom. The Labute approximate surface area is 99.7 Å². The Morgan fingerprint density at radius 3 is 2.82 bits per heavy atom. The minimum Gasteiger partial charge on any atom is -0.394 e. The molecule has 2 rings (SSSR count). The molecule has 0 aromatic carbocycles. The van der Waals surface area contributed by atoms with Gasteiger partial charge in [-0.1, -0.05) is 13.8 Å². The maximum atomic E-state index is 9.30. The van der Waals surface area contributed by atoms with Gasteiger partial charge in [0, 0.05) is 12.4 Å². The highest BCUT2D eigenvalue weighted by Crippen LogP contribution is 2.15. The maximum Gasteiger partial charge on any atom is 0.203 e. The van der Waals surface area contributed by atoms with E-state index in [4.69, 9.17) is 0 Å². The Balaban J connectivity index is 2.35. The molecule has 92 valence electrons. The van der Waals surface area contributed by atoms with E-state index in [0.29, 0.717) is 17.4 Å². The van der Waals surface area contributed by atoms with Crippen LogP contribution in [-0.2, 0) is 0 Å². The van der Waals surface area contributed by atoms with Crippen molar-refractivity contribution in [2.45, 2.75) is 26.8 Å². The van der Waals surface area contributed by atoms with Crippen LogP contribution in [-0.4, -0.2) is 37.3 Å². The van der Waals surface area contributed by atoms with Crippen LogP contribution in [0.2, 0.25) is 0 Å². The number of hydrogen-bond acceptors (Lipinski definition) is 5. The molecule has 0 aliphatic heterocycles. The topological polar surface area (TPSA) is 75.3 Å². The normalized spacial score (nSPS) is 13.2. The standard InChI is InChI=1S/C11H17N5O/c1-7(2)9(6-17)13-10-11-15-14-8(3)16(11)5-4-12-10/h4-5,7,9,17H,6H2,1-3H3,(H,12,13)/t9-/m1/s1. The summed E-state index contributed by atoms with van der Waals surface area (Å²) in [5.41, 5.74) is 0.684. The summed E-state index contributed by atoms with van der Waals surface area (Å²) in [5.74, 6) is 1.78. The summed E-state index contributed by atoms with van der Waals surface area (Å²) in [6.45, 7) is 6.04. The molecular weight excluding hydrogens is 218 g/mol. The van der Waals surface area contributed by atoms with Gasteiger partial charge < -0.3 is 10.4 Å². The van der Waals surface area contributed by atoms with E-state index in [2.05, 4.69) is 20.5 Å². The highest BCUT2D eigenvalue weighted by atomic mass is 16.3. The van der Waals surface area contributed by atoms with Crippen molar-refractivity contribution in [1.82, 2.24) is 19.6 Å². The molecule has 2 heterocycles. The summed E-state index contributed by atoms with van der Waals surface area (Å²) in [6, 6.07) is -0.0364. The number of fused-ring (bicyclic) bond motifs is 1. The average Bonchev–Trinajstić information content (AvgIpc) is 2.69. The third-order valence-electron chi connectivity index (χ3n) is 2.82. The first-order valence-corrected chi connectivity index (χ1v) is 5.67. The van der Waals surface area contributed by atoms with Crippen LogP contribution in [0.25, 0.3) is 5.65 Å². The van der Waals surface area contributed by atoms with E-state index in [1.54, 1.807) is 6.20 Å². The average molecular weight is 235 g/mol. The van der Waals surface area contributed by atoms with Gasteiger partial charge in [0.1, 0.15) is 5.82 Å². The summed E-state index contributed by atoms with van der Waals surface area (Å²) in [7, 11) is 0. The summed E-state index contributed by atoms with van der Waals surface area (Å²) < 4.78 is 1.87. The van der Waals surface area contributed by atoms with Crippen LogP contribution in [0.4, 0.5) is 5.82 Å². The Hall–Kier alpha value is -1.69. The monoisotopic (exact) mass is 235 g/mol. The molecule has 2 aromatic heterocycles. The van der Waals surface area contributed by atoms with E-state index in [0.717, 1.165) is 5.82 Å². The largest absolute Gasteiger partial charge is 0.394 e. The Bertz CT molecular complexity index is 508. The van der Waals surface area contributed by atoms with Crippen molar-refractivity contribution in [2.24, 2.45) is 5.92 Å². The van der Waals surface area contributed by atoms with E-state index in [9.17, 15) is 5.11 Å². The number of nitrogens with zero attached hydrogens (tertiary/aromatic N) is 4. The van der Waals surface area contributed by atoms with Crippen molar-refractivity contribution in [3.63, 3.8) is 0 Å². The summed E-state index contributed by atoms with van der Waals surface area (Å²) in [5, 5.41) is 20.6. The van der Waals surface area contributed by atoms with Crippen LogP contribution in [0.1, 0.15) is 19.7 Å². The van der Waals surface area contributed by atoms with Crippen molar-refractivity contribution >= 4 is 11.5 Å². The van der Waals surface area contributed by atoms with Gasteiger partial charge in [-0.05, 0) is 12.8 Å². The third-order valence-corrected chi connectivity index (χ3v) is 2.82. The lowest BCUT2D eigenvalue weighted by Gasteiger charge is -2.20. The number of hydrogen-bond donors (Lipinski definition) is 2. The molecule has 2 aromatic rings. The minimum atomic E-state index is -0.0364. The molecule has 0 bridgehead atoms. The Kier molecular flexibility index (Phi) is 3.23. The highest BCUT2D eigenvalue weighted by Gasteiger charge is 2.15. The van der Waals surface area contributed by atoms with Gasteiger partial charge in [0.05, 0.1) is 12.6 Å². The summed E-state index contributed by atoms with van der Waals surface area (Å²) >= 11 is 0. The number of aliphatic hydroxyl groups excluding tert-OH is 1. The molecule has 0 fully saturated rings. The molecule has 0 amide bonds. The lowest BCUT2D eigenvalue weighted by Crippen LogP contribution is -2.30. The molecule has 0 aliphatic carbocycles. The molecule has 1 atom stereocenters. The predicted molar refractivity (Wildman–Crippen MR) is 64.9 cm³/mol. The predicted octanol–water partition coefficient (Wildman–Crippen LogP) is 0.862. The van der Waals surface area contributed by atoms with Crippen LogP contribution in [0, 0.1) is 12.8 Å².